The third-order valence-electron chi connectivity index (χ3n) is 5.47. The molecule has 1 fully saturated rings. The zero-order valence-electron chi connectivity index (χ0n) is 14.2. The lowest BCUT2D eigenvalue weighted by Gasteiger charge is -2.43. The van der Waals surface area contributed by atoms with E-state index in [1.807, 2.05) is 18.2 Å². The quantitative estimate of drug-likeness (QED) is 0.536. The fourth-order valence-electron chi connectivity index (χ4n) is 3.76. The number of hydrogen-bond acceptors (Lipinski definition) is 2. The topological polar surface area (TPSA) is 22.4 Å². The smallest absolute Gasteiger partial charge is 0.233 e. The molecule has 4 rings (SSSR count). The van der Waals surface area contributed by atoms with E-state index in [9.17, 15) is 0 Å². The molecule has 24 heavy (non-hydrogen) atoms. The Kier molecular flexibility index (Phi) is 4.05. The highest BCUT2D eigenvalue weighted by Gasteiger charge is 2.35. The number of likely N-dealkylation sites (tertiary alicyclic amines) is 1. The molecule has 2 atom stereocenters. The Hall–Kier alpha value is -1.52. The van der Waals surface area contributed by atoms with Gasteiger partial charge >= 0.3 is 0 Å². The van der Waals surface area contributed by atoms with E-state index in [-0.39, 0.29) is 6.23 Å². The van der Waals surface area contributed by atoms with Gasteiger partial charge in [-0.15, -0.1) is 0 Å². The zero-order chi connectivity index (χ0) is 16.7. The molecular weight excluding hydrogens is 366 g/mol. The van der Waals surface area contributed by atoms with Crippen LogP contribution in [0.2, 0.25) is 0 Å². The van der Waals surface area contributed by atoms with Crippen LogP contribution in [-0.4, -0.2) is 30.8 Å². The van der Waals surface area contributed by atoms with Gasteiger partial charge in [0.2, 0.25) is 6.23 Å². The van der Waals surface area contributed by atoms with Gasteiger partial charge in [0, 0.05) is 27.7 Å². The van der Waals surface area contributed by atoms with Crippen LogP contribution in [-0.2, 0) is 0 Å². The maximum Gasteiger partial charge on any atom is 0.233 e. The number of rotatable bonds is 3. The molecule has 0 bridgehead atoms. The lowest BCUT2D eigenvalue weighted by atomic mass is 10.1. The average Bonchev–Trinajstić information content (AvgIpc) is 2.93. The first-order chi connectivity index (χ1) is 11.6. The molecule has 1 aliphatic heterocycles. The molecule has 1 aliphatic rings. The summed E-state index contributed by atoms with van der Waals surface area (Å²) in [6, 6.07) is 12.4. The summed E-state index contributed by atoms with van der Waals surface area (Å²) in [5.41, 5.74) is 1.80. The molecule has 2 heterocycles. The molecule has 126 valence electrons. The van der Waals surface area contributed by atoms with Gasteiger partial charge in [0.05, 0.1) is 20.1 Å². The fraction of sp³-hybridized carbons (Fsp3) is 0.400. The normalized spacial score (nSPS) is 24.5. The van der Waals surface area contributed by atoms with Crippen molar-refractivity contribution in [1.82, 2.24) is 0 Å². The third-order valence-corrected chi connectivity index (χ3v) is 5.96. The first-order valence-electron chi connectivity index (χ1n) is 8.72. The van der Waals surface area contributed by atoms with Crippen LogP contribution in [0.3, 0.4) is 0 Å². The fourth-order valence-corrected chi connectivity index (χ4v) is 4.10. The Bertz CT molecular complexity index is 888. The average molecular weight is 389 g/mol. The Morgan fingerprint density at radius 1 is 1.12 bits per heavy atom. The molecule has 1 saturated heterocycles. The third kappa shape index (κ3) is 2.72. The molecule has 0 spiro atoms. The minimum Gasteiger partial charge on any atom is -0.456 e. The maximum absolute atomic E-state index is 6.39. The Morgan fingerprint density at radius 3 is 2.67 bits per heavy atom. The first kappa shape index (κ1) is 16.0. The maximum atomic E-state index is 6.39. The van der Waals surface area contributed by atoms with Crippen molar-refractivity contribution in [3.63, 3.8) is 0 Å². The van der Waals surface area contributed by atoms with Crippen molar-refractivity contribution in [2.45, 2.75) is 32.4 Å². The monoisotopic (exact) mass is 388 g/mol. The highest BCUT2D eigenvalue weighted by molar-refractivity contribution is 9.10. The molecule has 2 aromatic carbocycles. The van der Waals surface area contributed by atoms with Crippen LogP contribution in [0.25, 0.3) is 21.9 Å². The summed E-state index contributed by atoms with van der Waals surface area (Å²) in [4.78, 5) is 0. The van der Waals surface area contributed by atoms with Crippen LogP contribution >= 0.6 is 15.9 Å². The molecule has 0 radical (unpaired) electrons. The van der Waals surface area contributed by atoms with Crippen molar-refractivity contribution < 1.29 is 13.6 Å². The molecule has 2 unspecified atom stereocenters. The van der Waals surface area contributed by atoms with Crippen LogP contribution in [0, 0.1) is 0 Å². The minimum atomic E-state index is 0.236. The number of halogens is 1. The van der Waals surface area contributed by atoms with Crippen LogP contribution < -0.4 is 4.74 Å². The summed E-state index contributed by atoms with van der Waals surface area (Å²) >= 11 is 3.50. The van der Waals surface area contributed by atoms with E-state index in [4.69, 9.17) is 9.15 Å². The first-order valence-corrected chi connectivity index (χ1v) is 9.51. The lowest BCUT2D eigenvalue weighted by Crippen LogP contribution is -2.57. The van der Waals surface area contributed by atoms with Crippen molar-refractivity contribution >= 4 is 37.9 Å². The Balaban J connectivity index is 1.68. The number of benzene rings is 2. The summed E-state index contributed by atoms with van der Waals surface area (Å²) in [5.74, 6) is 0.908. The van der Waals surface area contributed by atoms with E-state index in [0.29, 0.717) is 0 Å². The van der Waals surface area contributed by atoms with Crippen molar-refractivity contribution in [3.8, 4) is 5.75 Å². The molecule has 0 N–H and O–H groups in total. The van der Waals surface area contributed by atoms with E-state index < -0.39 is 0 Å². The van der Waals surface area contributed by atoms with Crippen molar-refractivity contribution in [3.05, 3.63) is 40.9 Å². The number of quaternary nitrogens is 1. The summed E-state index contributed by atoms with van der Waals surface area (Å²) in [5, 5.41) is 2.29. The number of nitrogens with zero attached hydrogens (tertiary/aromatic N) is 1. The molecule has 1 aromatic heterocycles. The molecule has 3 nitrogen and oxygen atoms in total. The van der Waals surface area contributed by atoms with Crippen molar-refractivity contribution in [1.29, 1.82) is 0 Å². The number of furan rings is 1. The number of ether oxygens (including phenoxy) is 1. The summed E-state index contributed by atoms with van der Waals surface area (Å²) in [7, 11) is 2.31. The lowest BCUT2D eigenvalue weighted by molar-refractivity contribution is -0.954. The van der Waals surface area contributed by atoms with Gasteiger partial charge in [-0.1, -0.05) is 15.9 Å². The van der Waals surface area contributed by atoms with Gasteiger partial charge in [0.25, 0.3) is 0 Å². The van der Waals surface area contributed by atoms with Gasteiger partial charge in [-0.2, -0.15) is 0 Å². The predicted molar refractivity (Wildman–Crippen MR) is 101 cm³/mol. The Morgan fingerprint density at radius 2 is 1.88 bits per heavy atom. The van der Waals surface area contributed by atoms with E-state index in [1.54, 1.807) is 0 Å². The zero-order valence-corrected chi connectivity index (χ0v) is 15.8. The van der Waals surface area contributed by atoms with Gasteiger partial charge in [0.1, 0.15) is 16.9 Å². The van der Waals surface area contributed by atoms with Crippen molar-refractivity contribution in [2.24, 2.45) is 0 Å². The largest absolute Gasteiger partial charge is 0.456 e. The van der Waals surface area contributed by atoms with Gasteiger partial charge in [-0.05, 0) is 50.1 Å². The highest BCUT2D eigenvalue weighted by atomic mass is 79.9. The summed E-state index contributed by atoms with van der Waals surface area (Å²) in [6.07, 6.45) is 3.90. The molecule has 0 saturated carbocycles. The second-order valence-electron chi connectivity index (χ2n) is 6.99. The van der Waals surface area contributed by atoms with Gasteiger partial charge in [0.15, 0.2) is 0 Å². The number of fused-ring (bicyclic) bond motifs is 3. The summed E-state index contributed by atoms with van der Waals surface area (Å²) < 4.78 is 14.4. The van der Waals surface area contributed by atoms with Crippen molar-refractivity contribution in [2.75, 3.05) is 20.1 Å². The SMILES string of the molecule is CC[N+]1(C)CCCCC1Oc1ccc2c(c1)oc1cc(Br)ccc12. The molecular formula is C20H23BrNO2+. The van der Waals surface area contributed by atoms with Crippen LogP contribution in [0.4, 0.5) is 0 Å². The minimum absolute atomic E-state index is 0.236. The van der Waals surface area contributed by atoms with E-state index in [2.05, 4.69) is 48.1 Å². The highest BCUT2D eigenvalue weighted by Crippen LogP contribution is 2.34. The Labute approximate surface area is 150 Å². The van der Waals surface area contributed by atoms with Gasteiger partial charge < -0.3 is 9.15 Å². The number of piperidine rings is 1. The molecule has 0 amide bonds. The second kappa shape index (κ2) is 6.08. The number of hydrogen-bond donors (Lipinski definition) is 0. The van der Waals surface area contributed by atoms with E-state index in [1.165, 1.54) is 19.4 Å². The van der Waals surface area contributed by atoms with Gasteiger partial charge in [-0.3, -0.25) is 4.48 Å². The molecule has 4 heteroatoms. The van der Waals surface area contributed by atoms with Crippen LogP contribution in [0.5, 0.6) is 5.75 Å². The van der Waals surface area contributed by atoms with Crippen LogP contribution in [0.1, 0.15) is 26.2 Å². The van der Waals surface area contributed by atoms with E-state index in [0.717, 1.165) is 49.6 Å². The van der Waals surface area contributed by atoms with Crippen LogP contribution in [0.15, 0.2) is 45.3 Å². The molecule has 3 aromatic rings. The van der Waals surface area contributed by atoms with Gasteiger partial charge in [-0.25, -0.2) is 0 Å². The predicted octanol–water partition coefficient (Wildman–Crippen LogP) is 5.70. The second-order valence-corrected chi connectivity index (χ2v) is 7.90. The molecule has 0 aliphatic carbocycles. The standard InChI is InChI=1S/C20H23BrNO2/c1-3-22(2)11-5-4-6-20(22)23-15-8-10-17-16-9-7-14(21)12-18(16)24-19(17)13-15/h7-10,12-13,20H,3-6,11H2,1-2H3/q+1. The summed E-state index contributed by atoms with van der Waals surface area (Å²) in [6.45, 7) is 4.55. The van der Waals surface area contributed by atoms with E-state index >= 15 is 0 Å².